The normalized spacial score (nSPS) is 16.2. The molecule has 1 heterocycles. The summed E-state index contributed by atoms with van der Waals surface area (Å²) in [5.41, 5.74) is 0.510. The van der Waals surface area contributed by atoms with E-state index in [0.29, 0.717) is 38.3 Å². The highest BCUT2D eigenvalue weighted by Gasteiger charge is 2.25. The van der Waals surface area contributed by atoms with Gasteiger partial charge in [0.05, 0.1) is 0 Å². The first-order valence-electron chi connectivity index (χ1n) is 7.23. The molecule has 0 saturated carbocycles. The van der Waals surface area contributed by atoms with Gasteiger partial charge in [-0.05, 0) is 17.5 Å². The second-order valence-corrected chi connectivity index (χ2v) is 6.73. The highest BCUT2D eigenvalue weighted by Crippen LogP contribution is 2.22. The smallest absolute Gasteiger partial charge is 0.223 e. The molecule has 0 N–H and O–H groups in total. The number of piperazine rings is 1. The van der Waals surface area contributed by atoms with Crippen LogP contribution < -0.4 is 4.90 Å². The fourth-order valence-corrected chi connectivity index (χ4v) is 2.50. The molecule has 1 saturated heterocycles. The van der Waals surface area contributed by atoms with Crippen LogP contribution in [0.2, 0.25) is 0 Å². The van der Waals surface area contributed by atoms with E-state index >= 15 is 0 Å². The van der Waals surface area contributed by atoms with Crippen molar-refractivity contribution in [3.8, 4) is 0 Å². The maximum Gasteiger partial charge on any atom is 0.223 e. The summed E-state index contributed by atoms with van der Waals surface area (Å²) in [5, 5.41) is 0. The van der Waals surface area contributed by atoms with Crippen molar-refractivity contribution >= 4 is 11.6 Å². The van der Waals surface area contributed by atoms with Crippen molar-refractivity contribution in [2.75, 3.05) is 31.1 Å². The van der Waals surface area contributed by atoms with Crippen LogP contribution in [0.4, 0.5) is 14.5 Å². The lowest BCUT2D eigenvalue weighted by molar-refractivity contribution is -0.133. The first-order valence-corrected chi connectivity index (χ1v) is 7.23. The molecule has 116 valence electrons. The number of anilines is 1. The SMILES string of the molecule is CC(C)(C)CC(=O)N1CCN(c2cc(F)cc(F)c2)CC1. The molecule has 2 rings (SSSR count). The minimum atomic E-state index is -0.573. The van der Waals surface area contributed by atoms with Crippen molar-refractivity contribution in [3.63, 3.8) is 0 Å². The Morgan fingerprint density at radius 1 is 1.05 bits per heavy atom. The van der Waals surface area contributed by atoms with Crippen LogP contribution in [0.1, 0.15) is 27.2 Å². The zero-order valence-corrected chi connectivity index (χ0v) is 12.8. The molecule has 0 aliphatic carbocycles. The Kier molecular flexibility index (Phi) is 4.49. The lowest BCUT2D eigenvalue weighted by Gasteiger charge is -2.37. The van der Waals surface area contributed by atoms with Gasteiger partial charge in [-0.2, -0.15) is 0 Å². The molecule has 0 radical (unpaired) electrons. The molecule has 3 nitrogen and oxygen atoms in total. The van der Waals surface area contributed by atoms with Crippen molar-refractivity contribution in [2.24, 2.45) is 5.41 Å². The van der Waals surface area contributed by atoms with Gasteiger partial charge in [0.1, 0.15) is 11.6 Å². The first-order chi connectivity index (χ1) is 9.74. The Morgan fingerprint density at radius 2 is 1.57 bits per heavy atom. The molecular formula is C16H22F2N2O. The van der Waals surface area contributed by atoms with Crippen molar-refractivity contribution in [1.82, 2.24) is 4.90 Å². The van der Waals surface area contributed by atoms with E-state index in [9.17, 15) is 13.6 Å². The molecule has 1 aromatic rings. The van der Waals surface area contributed by atoms with Gasteiger partial charge in [-0.1, -0.05) is 20.8 Å². The molecular weight excluding hydrogens is 274 g/mol. The molecule has 5 heteroatoms. The monoisotopic (exact) mass is 296 g/mol. The average molecular weight is 296 g/mol. The summed E-state index contributed by atoms with van der Waals surface area (Å²) in [5.74, 6) is -1.000. The minimum absolute atomic E-state index is 0.0279. The number of nitrogens with zero attached hydrogens (tertiary/aromatic N) is 2. The maximum atomic E-state index is 13.2. The van der Waals surface area contributed by atoms with E-state index in [1.54, 1.807) is 0 Å². The topological polar surface area (TPSA) is 23.6 Å². The van der Waals surface area contributed by atoms with Crippen LogP contribution in [0, 0.1) is 17.0 Å². The van der Waals surface area contributed by atoms with Crippen molar-refractivity contribution in [3.05, 3.63) is 29.8 Å². The van der Waals surface area contributed by atoms with Gasteiger partial charge in [0.2, 0.25) is 5.91 Å². The van der Waals surface area contributed by atoms with Gasteiger partial charge in [0, 0.05) is 44.4 Å². The number of carbonyl (C=O) groups excluding carboxylic acids is 1. The van der Waals surface area contributed by atoms with Gasteiger partial charge < -0.3 is 9.80 Å². The lowest BCUT2D eigenvalue weighted by atomic mass is 9.91. The zero-order valence-electron chi connectivity index (χ0n) is 12.8. The number of hydrogen-bond acceptors (Lipinski definition) is 2. The van der Waals surface area contributed by atoms with Gasteiger partial charge in [-0.25, -0.2) is 8.78 Å². The Labute approximate surface area is 124 Å². The third-order valence-electron chi connectivity index (χ3n) is 3.53. The molecule has 0 aromatic heterocycles. The Hall–Kier alpha value is -1.65. The van der Waals surface area contributed by atoms with Crippen LogP contribution in [0.3, 0.4) is 0 Å². The number of benzene rings is 1. The third kappa shape index (κ3) is 4.41. The van der Waals surface area contributed by atoms with E-state index < -0.39 is 11.6 Å². The van der Waals surface area contributed by atoms with Gasteiger partial charge in [0.15, 0.2) is 0 Å². The van der Waals surface area contributed by atoms with E-state index in [1.807, 2.05) is 30.6 Å². The maximum absolute atomic E-state index is 13.2. The van der Waals surface area contributed by atoms with Crippen molar-refractivity contribution < 1.29 is 13.6 Å². The van der Waals surface area contributed by atoms with E-state index in [2.05, 4.69) is 0 Å². The zero-order chi connectivity index (χ0) is 15.6. The van der Waals surface area contributed by atoms with Crippen LogP contribution in [0.15, 0.2) is 18.2 Å². The summed E-state index contributed by atoms with van der Waals surface area (Å²) in [6.07, 6.45) is 0.515. The average Bonchev–Trinajstić information content (AvgIpc) is 2.35. The quantitative estimate of drug-likeness (QED) is 0.837. The minimum Gasteiger partial charge on any atom is -0.368 e. The van der Waals surface area contributed by atoms with Crippen LogP contribution >= 0.6 is 0 Å². The second kappa shape index (κ2) is 6.00. The third-order valence-corrected chi connectivity index (χ3v) is 3.53. The fourth-order valence-electron chi connectivity index (χ4n) is 2.50. The molecule has 1 amide bonds. The summed E-state index contributed by atoms with van der Waals surface area (Å²) >= 11 is 0. The highest BCUT2D eigenvalue weighted by atomic mass is 19.1. The number of rotatable bonds is 2. The van der Waals surface area contributed by atoms with E-state index in [1.165, 1.54) is 12.1 Å². The van der Waals surface area contributed by atoms with Crippen LogP contribution in [-0.4, -0.2) is 37.0 Å². The first kappa shape index (κ1) is 15.7. The fraction of sp³-hybridized carbons (Fsp3) is 0.562. The highest BCUT2D eigenvalue weighted by molar-refractivity contribution is 5.77. The van der Waals surface area contributed by atoms with Crippen molar-refractivity contribution in [1.29, 1.82) is 0 Å². The van der Waals surface area contributed by atoms with E-state index in [4.69, 9.17) is 0 Å². The predicted octanol–water partition coefficient (Wildman–Crippen LogP) is 3.05. The molecule has 0 atom stereocenters. The van der Waals surface area contributed by atoms with Gasteiger partial charge >= 0.3 is 0 Å². The molecule has 1 aliphatic heterocycles. The summed E-state index contributed by atoms with van der Waals surface area (Å²) < 4.78 is 26.5. The molecule has 1 fully saturated rings. The molecule has 0 spiro atoms. The molecule has 21 heavy (non-hydrogen) atoms. The predicted molar refractivity (Wildman–Crippen MR) is 79.2 cm³/mol. The Bertz CT molecular complexity index is 497. The Morgan fingerprint density at radius 3 is 2.05 bits per heavy atom. The van der Waals surface area contributed by atoms with Crippen LogP contribution in [0.25, 0.3) is 0 Å². The van der Waals surface area contributed by atoms with Gasteiger partial charge in [0.25, 0.3) is 0 Å². The standard InChI is InChI=1S/C16H22F2N2O/c1-16(2,3)11-15(21)20-6-4-19(5-7-20)14-9-12(17)8-13(18)10-14/h8-10H,4-7,11H2,1-3H3. The largest absolute Gasteiger partial charge is 0.368 e. The summed E-state index contributed by atoms with van der Waals surface area (Å²) in [7, 11) is 0. The summed E-state index contributed by atoms with van der Waals surface area (Å²) in [6.45, 7) is 8.49. The second-order valence-electron chi connectivity index (χ2n) is 6.73. The van der Waals surface area contributed by atoms with Crippen molar-refractivity contribution in [2.45, 2.75) is 27.2 Å². The summed E-state index contributed by atoms with van der Waals surface area (Å²) in [6, 6.07) is 3.53. The van der Waals surface area contributed by atoms with Gasteiger partial charge in [-0.15, -0.1) is 0 Å². The number of halogens is 2. The summed E-state index contributed by atoms with van der Waals surface area (Å²) in [4.78, 5) is 15.9. The number of hydrogen-bond donors (Lipinski definition) is 0. The molecule has 1 aliphatic rings. The number of carbonyl (C=O) groups is 1. The molecule has 0 unspecified atom stereocenters. The molecule has 1 aromatic carbocycles. The van der Waals surface area contributed by atoms with Gasteiger partial charge in [-0.3, -0.25) is 4.79 Å². The Balaban J connectivity index is 1.95. The lowest BCUT2D eigenvalue weighted by Crippen LogP contribution is -2.49. The van der Waals surface area contributed by atoms with E-state index in [0.717, 1.165) is 6.07 Å². The van der Waals surface area contributed by atoms with E-state index in [-0.39, 0.29) is 11.3 Å². The van der Waals surface area contributed by atoms with Crippen LogP contribution in [-0.2, 0) is 4.79 Å². The molecule has 0 bridgehead atoms. The van der Waals surface area contributed by atoms with Crippen LogP contribution in [0.5, 0.6) is 0 Å². The number of amides is 1.